The fraction of sp³-hybridized carbons (Fsp3) is 0.312. The Hall–Kier alpha value is -4.15. The van der Waals surface area contributed by atoms with Gasteiger partial charge < -0.3 is 18.8 Å². The van der Waals surface area contributed by atoms with Crippen molar-refractivity contribution in [3.8, 4) is 5.75 Å². The predicted octanol–water partition coefficient (Wildman–Crippen LogP) is 4.76. The molecule has 0 aliphatic carbocycles. The highest BCUT2D eigenvalue weighted by Crippen LogP contribution is 2.38. The molecule has 9 nitrogen and oxygen atoms in total. The summed E-state index contributed by atoms with van der Waals surface area (Å²) in [5, 5.41) is 1.31. The minimum atomic E-state index is -0.863. The standard InChI is InChI=1S/C32H32ClN3O6S/c1-5-10-23-28(31(39)42-7-3)29(22-16-20(33)13-14-25(22)40-4)36-30(38)26(43-32(36)34-23)15-19-17-35(18-27(37)41-6-2)24-12-9-8-11-21(19)24/h8-9,11-17,29H,5-7,10,18H2,1-4H3/b26-15+/t29-/m1/s1. The van der Waals surface area contributed by atoms with E-state index in [-0.39, 0.29) is 30.3 Å². The molecule has 2 aromatic carbocycles. The van der Waals surface area contributed by atoms with Gasteiger partial charge in [0, 0.05) is 33.2 Å². The minimum Gasteiger partial charge on any atom is -0.496 e. The molecule has 3 heterocycles. The maximum atomic E-state index is 14.2. The fourth-order valence-corrected chi connectivity index (χ4v) is 6.53. The van der Waals surface area contributed by atoms with E-state index in [0.717, 1.165) is 22.9 Å². The summed E-state index contributed by atoms with van der Waals surface area (Å²) < 4.78 is 20.1. The van der Waals surface area contributed by atoms with Crippen LogP contribution in [0.15, 0.2) is 69.7 Å². The number of rotatable bonds is 10. The summed E-state index contributed by atoms with van der Waals surface area (Å²) >= 11 is 7.67. The molecule has 0 fully saturated rings. The van der Waals surface area contributed by atoms with Crippen LogP contribution in [-0.4, -0.2) is 41.4 Å². The van der Waals surface area contributed by atoms with E-state index in [9.17, 15) is 14.4 Å². The first-order valence-corrected chi connectivity index (χ1v) is 15.3. The van der Waals surface area contributed by atoms with Gasteiger partial charge in [0.2, 0.25) is 0 Å². The molecule has 0 spiro atoms. The van der Waals surface area contributed by atoms with Gasteiger partial charge in [0.05, 0.1) is 36.1 Å². The van der Waals surface area contributed by atoms with Crippen LogP contribution in [0.5, 0.6) is 5.75 Å². The van der Waals surface area contributed by atoms with Gasteiger partial charge in [0.15, 0.2) is 4.80 Å². The highest BCUT2D eigenvalue weighted by molar-refractivity contribution is 7.07. The van der Waals surface area contributed by atoms with Crippen LogP contribution in [0, 0.1) is 0 Å². The van der Waals surface area contributed by atoms with Crippen molar-refractivity contribution < 1.29 is 23.8 Å². The van der Waals surface area contributed by atoms with Crippen LogP contribution in [0.4, 0.5) is 0 Å². The van der Waals surface area contributed by atoms with Gasteiger partial charge in [-0.05, 0) is 50.6 Å². The maximum Gasteiger partial charge on any atom is 0.338 e. The number of benzene rings is 2. The lowest BCUT2D eigenvalue weighted by Crippen LogP contribution is -2.40. The van der Waals surface area contributed by atoms with E-state index in [1.165, 1.54) is 23.0 Å². The first kappa shape index (κ1) is 30.3. The fourth-order valence-electron chi connectivity index (χ4n) is 5.34. The lowest BCUT2D eigenvalue weighted by molar-refractivity contribution is -0.143. The van der Waals surface area contributed by atoms with E-state index in [0.29, 0.717) is 44.4 Å². The number of para-hydroxylation sites is 1. The first-order valence-electron chi connectivity index (χ1n) is 14.1. The summed E-state index contributed by atoms with van der Waals surface area (Å²) in [7, 11) is 1.53. The lowest BCUT2D eigenvalue weighted by atomic mass is 9.93. The average molecular weight is 622 g/mol. The van der Waals surface area contributed by atoms with E-state index < -0.39 is 12.0 Å². The van der Waals surface area contributed by atoms with Crippen LogP contribution in [0.2, 0.25) is 5.02 Å². The Balaban J connectivity index is 1.76. The van der Waals surface area contributed by atoms with Crippen LogP contribution < -0.4 is 19.6 Å². The van der Waals surface area contributed by atoms with Crippen molar-refractivity contribution in [2.24, 2.45) is 4.99 Å². The molecule has 43 heavy (non-hydrogen) atoms. The molecule has 0 saturated heterocycles. The third-order valence-electron chi connectivity index (χ3n) is 7.09. The quantitative estimate of drug-likeness (QED) is 0.237. The zero-order valence-corrected chi connectivity index (χ0v) is 26.0. The number of allylic oxidation sites excluding steroid dienone is 1. The summed E-state index contributed by atoms with van der Waals surface area (Å²) in [5.74, 6) is -0.414. The number of carbonyl (C=O) groups is 2. The predicted molar refractivity (Wildman–Crippen MR) is 166 cm³/mol. The minimum absolute atomic E-state index is 0.0429. The van der Waals surface area contributed by atoms with Crippen LogP contribution >= 0.6 is 22.9 Å². The summed E-state index contributed by atoms with van der Waals surface area (Å²) in [4.78, 5) is 45.3. The average Bonchev–Trinajstić information content (AvgIpc) is 3.49. The number of methoxy groups -OCH3 is 1. The molecule has 0 bridgehead atoms. The number of aromatic nitrogens is 2. The molecule has 0 unspecified atom stereocenters. The zero-order chi connectivity index (χ0) is 30.7. The Kier molecular flexibility index (Phi) is 9.17. The van der Waals surface area contributed by atoms with Crippen molar-refractivity contribution >= 4 is 51.9 Å². The number of fused-ring (bicyclic) bond motifs is 2. The van der Waals surface area contributed by atoms with Crippen molar-refractivity contribution in [2.45, 2.75) is 46.2 Å². The molecule has 5 rings (SSSR count). The number of thiazole rings is 1. The van der Waals surface area contributed by atoms with Crippen molar-refractivity contribution in [3.63, 3.8) is 0 Å². The summed E-state index contributed by atoms with van der Waals surface area (Å²) in [5.41, 5.74) is 2.68. The highest BCUT2D eigenvalue weighted by Gasteiger charge is 2.36. The smallest absolute Gasteiger partial charge is 0.338 e. The van der Waals surface area contributed by atoms with E-state index in [1.807, 2.05) is 42.0 Å². The second kappa shape index (κ2) is 13.0. The topological polar surface area (TPSA) is 101 Å². The van der Waals surface area contributed by atoms with E-state index in [4.69, 9.17) is 30.8 Å². The Morgan fingerprint density at radius 2 is 1.86 bits per heavy atom. The van der Waals surface area contributed by atoms with Crippen LogP contribution in [-0.2, 0) is 25.6 Å². The first-order chi connectivity index (χ1) is 20.8. The molecular formula is C32H32ClN3O6S. The monoisotopic (exact) mass is 621 g/mol. The molecule has 1 atom stereocenters. The number of ether oxygens (including phenoxy) is 3. The number of halogens is 1. The van der Waals surface area contributed by atoms with Gasteiger partial charge in [-0.3, -0.25) is 14.2 Å². The normalized spacial score (nSPS) is 14.9. The van der Waals surface area contributed by atoms with Crippen LogP contribution in [0.1, 0.15) is 50.8 Å². The maximum absolute atomic E-state index is 14.2. The molecule has 4 aromatic rings. The molecule has 1 aliphatic rings. The Morgan fingerprint density at radius 3 is 2.58 bits per heavy atom. The van der Waals surface area contributed by atoms with Crippen LogP contribution in [0.25, 0.3) is 17.0 Å². The van der Waals surface area contributed by atoms with E-state index in [2.05, 4.69) is 0 Å². The molecule has 0 N–H and O–H groups in total. The van der Waals surface area contributed by atoms with Gasteiger partial charge in [-0.15, -0.1) is 0 Å². The van der Waals surface area contributed by atoms with Crippen molar-refractivity contribution in [2.75, 3.05) is 20.3 Å². The summed E-state index contributed by atoms with van der Waals surface area (Å²) in [6.45, 7) is 6.01. The highest BCUT2D eigenvalue weighted by atomic mass is 35.5. The van der Waals surface area contributed by atoms with E-state index >= 15 is 0 Å². The van der Waals surface area contributed by atoms with Crippen molar-refractivity contribution in [1.82, 2.24) is 9.13 Å². The largest absolute Gasteiger partial charge is 0.496 e. The SMILES string of the molecule is CCCC1=C(C(=O)OCC)[C@@H](c2cc(Cl)ccc2OC)n2c(s/c(=C/c3cn(CC(=O)OCC)c4ccccc34)c2=O)=N1. The number of esters is 2. The molecule has 11 heteroatoms. The van der Waals surface area contributed by atoms with E-state index in [1.54, 1.807) is 38.1 Å². The molecule has 1 aliphatic heterocycles. The number of nitrogens with zero attached hydrogens (tertiary/aromatic N) is 3. The second-order valence-electron chi connectivity index (χ2n) is 9.83. The van der Waals surface area contributed by atoms with Crippen molar-refractivity contribution in [1.29, 1.82) is 0 Å². The number of hydrogen-bond donors (Lipinski definition) is 0. The molecule has 0 saturated carbocycles. The van der Waals surface area contributed by atoms with Crippen LogP contribution in [0.3, 0.4) is 0 Å². The lowest BCUT2D eigenvalue weighted by Gasteiger charge is -2.27. The number of hydrogen-bond acceptors (Lipinski definition) is 8. The Bertz CT molecular complexity index is 1920. The molecule has 0 amide bonds. The Labute approximate surface area is 257 Å². The van der Waals surface area contributed by atoms with Gasteiger partial charge in [0.25, 0.3) is 5.56 Å². The van der Waals surface area contributed by atoms with Gasteiger partial charge in [0.1, 0.15) is 18.3 Å². The zero-order valence-electron chi connectivity index (χ0n) is 24.4. The molecular weight excluding hydrogens is 590 g/mol. The van der Waals surface area contributed by atoms with Gasteiger partial charge >= 0.3 is 11.9 Å². The molecule has 2 aromatic heterocycles. The van der Waals surface area contributed by atoms with Gasteiger partial charge in [-0.2, -0.15) is 0 Å². The van der Waals surface area contributed by atoms with Crippen molar-refractivity contribution in [3.05, 3.63) is 95.8 Å². The molecule has 0 radical (unpaired) electrons. The molecule has 224 valence electrons. The number of carbonyl (C=O) groups excluding carboxylic acids is 2. The Morgan fingerprint density at radius 1 is 1.09 bits per heavy atom. The van der Waals surface area contributed by atoms with Gasteiger partial charge in [-0.1, -0.05) is 54.5 Å². The second-order valence-corrected chi connectivity index (χ2v) is 11.3. The summed E-state index contributed by atoms with van der Waals surface area (Å²) in [6.07, 6.45) is 4.88. The third kappa shape index (κ3) is 5.89. The summed E-state index contributed by atoms with van der Waals surface area (Å²) in [6, 6.07) is 11.9. The third-order valence-corrected chi connectivity index (χ3v) is 8.31. The van der Waals surface area contributed by atoms with Gasteiger partial charge in [-0.25, -0.2) is 9.79 Å².